The zero-order valence-corrected chi connectivity index (χ0v) is 6.76. The Morgan fingerprint density at radius 2 is 2.64 bits per heavy atom. The van der Waals surface area contributed by atoms with Gasteiger partial charge in [0.1, 0.15) is 0 Å². The lowest BCUT2D eigenvalue weighted by atomic mass is 10.2. The van der Waals surface area contributed by atoms with Gasteiger partial charge in [0, 0.05) is 13.0 Å². The summed E-state index contributed by atoms with van der Waals surface area (Å²) in [6.45, 7) is 4.36. The number of hydrogen-bond donors (Lipinski definition) is 1. The van der Waals surface area contributed by atoms with Crippen LogP contribution in [0.5, 0.6) is 0 Å². The Morgan fingerprint density at radius 1 is 1.91 bits per heavy atom. The van der Waals surface area contributed by atoms with E-state index in [0.717, 1.165) is 5.71 Å². The van der Waals surface area contributed by atoms with Crippen LogP contribution < -0.4 is 5.32 Å². The van der Waals surface area contributed by atoms with Crippen molar-refractivity contribution >= 4 is 11.6 Å². The lowest BCUT2D eigenvalue weighted by molar-refractivity contribution is -0.131. The van der Waals surface area contributed by atoms with Gasteiger partial charge in [0.25, 0.3) is 5.91 Å². The van der Waals surface area contributed by atoms with Crippen LogP contribution in [0.25, 0.3) is 0 Å². The summed E-state index contributed by atoms with van der Waals surface area (Å²) in [5.74, 6) is -0.0758. The molecule has 0 aliphatic carbocycles. The van der Waals surface area contributed by atoms with Gasteiger partial charge in [-0.05, 0) is 13.8 Å². The molecule has 0 aromatic rings. The molecule has 0 aromatic heterocycles. The third kappa shape index (κ3) is 1.93. The van der Waals surface area contributed by atoms with E-state index in [1.807, 2.05) is 13.8 Å². The van der Waals surface area contributed by atoms with Crippen molar-refractivity contribution in [1.82, 2.24) is 5.32 Å². The van der Waals surface area contributed by atoms with Gasteiger partial charge in [-0.3, -0.25) is 4.79 Å². The molecule has 1 aliphatic heterocycles. The van der Waals surface area contributed by atoms with Gasteiger partial charge < -0.3 is 10.2 Å². The molecule has 1 atom stereocenters. The van der Waals surface area contributed by atoms with Crippen LogP contribution in [-0.4, -0.2) is 24.3 Å². The molecule has 4 heteroatoms. The standard InChI is InChI=1S/C7H12N2O2/c1-3-8-7(10)6-4-5(2)9-11-6/h6H,3-4H2,1-2H3,(H,8,10). The van der Waals surface area contributed by atoms with Gasteiger partial charge in [0.15, 0.2) is 0 Å². The first-order valence-corrected chi connectivity index (χ1v) is 3.71. The van der Waals surface area contributed by atoms with Gasteiger partial charge in [0.05, 0.1) is 5.71 Å². The van der Waals surface area contributed by atoms with Crippen molar-refractivity contribution in [3.05, 3.63) is 0 Å². The highest BCUT2D eigenvalue weighted by atomic mass is 16.6. The smallest absolute Gasteiger partial charge is 0.264 e. The summed E-state index contributed by atoms with van der Waals surface area (Å²) in [6, 6.07) is 0. The van der Waals surface area contributed by atoms with Crippen molar-refractivity contribution in [2.45, 2.75) is 26.4 Å². The number of nitrogens with one attached hydrogen (secondary N) is 1. The van der Waals surface area contributed by atoms with Crippen LogP contribution >= 0.6 is 0 Å². The average molecular weight is 156 g/mol. The Labute approximate surface area is 65.6 Å². The Bertz CT molecular complexity index is 189. The predicted molar refractivity (Wildman–Crippen MR) is 41.3 cm³/mol. The van der Waals surface area contributed by atoms with Crippen molar-refractivity contribution < 1.29 is 9.63 Å². The summed E-state index contributed by atoms with van der Waals surface area (Å²) < 4.78 is 0. The van der Waals surface area contributed by atoms with Crippen LogP contribution in [0.1, 0.15) is 20.3 Å². The fourth-order valence-electron chi connectivity index (χ4n) is 0.925. The molecule has 11 heavy (non-hydrogen) atoms. The molecule has 1 unspecified atom stereocenters. The first-order chi connectivity index (χ1) is 5.24. The second kappa shape index (κ2) is 3.37. The van der Waals surface area contributed by atoms with E-state index in [1.54, 1.807) is 0 Å². The highest BCUT2D eigenvalue weighted by Gasteiger charge is 2.24. The average Bonchev–Trinajstić information content (AvgIpc) is 2.36. The molecule has 0 radical (unpaired) electrons. The molecule has 1 N–H and O–H groups in total. The fraction of sp³-hybridized carbons (Fsp3) is 0.714. The summed E-state index contributed by atoms with van der Waals surface area (Å²) in [6.07, 6.45) is 0.223. The van der Waals surface area contributed by atoms with Gasteiger partial charge in [-0.15, -0.1) is 0 Å². The molecule has 0 saturated heterocycles. The third-order valence-corrected chi connectivity index (χ3v) is 1.46. The summed E-state index contributed by atoms with van der Waals surface area (Å²) >= 11 is 0. The van der Waals surface area contributed by atoms with Crippen molar-refractivity contribution in [3.63, 3.8) is 0 Å². The number of likely N-dealkylation sites (N-methyl/N-ethyl adjacent to an activating group) is 1. The molecule has 62 valence electrons. The fourth-order valence-corrected chi connectivity index (χ4v) is 0.925. The third-order valence-electron chi connectivity index (χ3n) is 1.46. The minimum Gasteiger partial charge on any atom is -0.382 e. The van der Waals surface area contributed by atoms with Crippen LogP contribution in [0.2, 0.25) is 0 Å². The largest absolute Gasteiger partial charge is 0.382 e. The number of nitrogens with zero attached hydrogens (tertiary/aromatic N) is 1. The van der Waals surface area contributed by atoms with Crippen LogP contribution in [0, 0.1) is 0 Å². The molecule has 1 heterocycles. The zero-order chi connectivity index (χ0) is 8.27. The zero-order valence-electron chi connectivity index (χ0n) is 6.76. The second-order valence-corrected chi connectivity index (χ2v) is 2.52. The van der Waals surface area contributed by atoms with Crippen LogP contribution in [-0.2, 0) is 9.63 Å². The quantitative estimate of drug-likeness (QED) is 0.624. The van der Waals surface area contributed by atoms with Crippen molar-refractivity contribution in [3.8, 4) is 0 Å². The number of rotatable bonds is 2. The lowest BCUT2D eigenvalue weighted by Crippen LogP contribution is -2.34. The van der Waals surface area contributed by atoms with E-state index in [-0.39, 0.29) is 5.91 Å². The second-order valence-electron chi connectivity index (χ2n) is 2.52. The summed E-state index contributed by atoms with van der Waals surface area (Å²) in [5.41, 5.74) is 0.876. The Morgan fingerprint density at radius 3 is 3.09 bits per heavy atom. The number of oxime groups is 1. The van der Waals surface area contributed by atoms with Crippen molar-refractivity contribution in [2.24, 2.45) is 5.16 Å². The molecule has 1 amide bonds. The van der Waals surface area contributed by atoms with E-state index in [4.69, 9.17) is 4.84 Å². The number of carbonyl (C=O) groups excluding carboxylic acids is 1. The van der Waals surface area contributed by atoms with E-state index in [0.29, 0.717) is 13.0 Å². The normalized spacial score (nSPS) is 22.4. The molecular weight excluding hydrogens is 144 g/mol. The van der Waals surface area contributed by atoms with Gasteiger partial charge in [-0.25, -0.2) is 0 Å². The van der Waals surface area contributed by atoms with Gasteiger partial charge in [0.2, 0.25) is 6.10 Å². The van der Waals surface area contributed by atoms with Gasteiger partial charge >= 0.3 is 0 Å². The Hall–Kier alpha value is -1.06. The minimum absolute atomic E-state index is 0.0758. The van der Waals surface area contributed by atoms with Crippen molar-refractivity contribution in [2.75, 3.05) is 6.54 Å². The van der Waals surface area contributed by atoms with Crippen LogP contribution in [0.4, 0.5) is 0 Å². The summed E-state index contributed by atoms with van der Waals surface area (Å²) in [4.78, 5) is 15.9. The molecule has 0 bridgehead atoms. The Balaban J connectivity index is 2.34. The van der Waals surface area contributed by atoms with E-state index >= 15 is 0 Å². The first-order valence-electron chi connectivity index (χ1n) is 3.71. The highest BCUT2D eigenvalue weighted by Crippen LogP contribution is 2.09. The maximum Gasteiger partial charge on any atom is 0.264 e. The number of carbonyl (C=O) groups is 1. The van der Waals surface area contributed by atoms with Gasteiger partial charge in [-0.1, -0.05) is 5.16 Å². The minimum atomic E-state index is -0.394. The lowest BCUT2D eigenvalue weighted by Gasteiger charge is -2.06. The monoisotopic (exact) mass is 156 g/mol. The van der Waals surface area contributed by atoms with E-state index in [9.17, 15) is 4.79 Å². The summed E-state index contributed by atoms with van der Waals surface area (Å²) in [5, 5.41) is 6.35. The Kier molecular flexibility index (Phi) is 2.46. The summed E-state index contributed by atoms with van der Waals surface area (Å²) in [7, 11) is 0. The molecular formula is C7H12N2O2. The maximum absolute atomic E-state index is 11.1. The molecule has 0 spiro atoms. The first kappa shape index (κ1) is 8.04. The SMILES string of the molecule is CCNC(=O)C1CC(C)=NO1. The molecule has 1 aliphatic rings. The van der Waals surface area contributed by atoms with Gasteiger partial charge in [-0.2, -0.15) is 0 Å². The van der Waals surface area contributed by atoms with Crippen LogP contribution in [0.15, 0.2) is 5.16 Å². The van der Waals surface area contributed by atoms with E-state index in [1.165, 1.54) is 0 Å². The molecule has 0 fully saturated rings. The maximum atomic E-state index is 11.1. The molecule has 0 saturated carbocycles. The van der Waals surface area contributed by atoms with E-state index in [2.05, 4.69) is 10.5 Å². The van der Waals surface area contributed by atoms with E-state index < -0.39 is 6.10 Å². The molecule has 4 nitrogen and oxygen atoms in total. The predicted octanol–water partition coefficient (Wildman–Crippen LogP) is 0.287. The number of amides is 1. The topological polar surface area (TPSA) is 50.7 Å². The highest BCUT2D eigenvalue weighted by molar-refractivity contribution is 5.91. The molecule has 0 aromatic carbocycles. The van der Waals surface area contributed by atoms with Crippen molar-refractivity contribution in [1.29, 1.82) is 0 Å². The van der Waals surface area contributed by atoms with Crippen LogP contribution in [0.3, 0.4) is 0 Å². The molecule has 1 rings (SSSR count). The number of hydrogen-bond acceptors (Lipinski definition) is 3.